The monoisotopic (exact) mass is 405 g/mol. The molecule has 0 unspecified atom stereocenters. The molecule has 0 saturated carbocycles. The van der Waals surface area contributed by atoms with E-state index in [1.165, 1.54) is 19.2 Å². The van der Waals surface area contributed by atoms with Gasteiger partial charge in [0.15, 0.2) is 11.6 Å². The minimum absolute atomic E-state index is 0.0970. The van der Waals surface area contributed by atoms with Crippen molar-refractivity contribution in [2.45, 2.75) is 20.0 Å². The predicted molar refractivity (Wildman–Crippen MR) is 106 cm³/mol. The lowest BCUT2D eigenvalue weighted by atomic mass is 10.2. The number of rotatable bonds is 6. The van der Waals surface area contributed by atoms with Crippen molar-refractivity contribution in [2.75, 3.05) is 36.0 Å². The van der Waals surface area contributed by atoms with Gasteiger partial charge in [-0.2, -0.15) is 0 Å². The van der Waals surface area contributed by atoms with Crippen LogP contribution in [0.2, 0.25) is 5.02 Å². The highest BCUT2D eigenvalue weighted by Crippen LogP contribution is 2.23. The summed E-state index contributed by atoms with van der Waals surface area (Å²) in [6.45, 7) is 3.86. The van der Waals surface area contributed by atoms with Crippen LogP contribution >= 0.6 is 11.6 Å². The van der Waals surface area contributed by atoms with E-state index in [2.05, 4.69) is 14.9 Å². The molecule has 2 aromatic heterocycles. The van der Waals surface area contributed by atoms with Crippen LogP contribution in [0, 0.1) is 11.2 Å². The van der Waals surface area contributed by atoms with E-state index in [0.717, 1.165) is 5.82 Å². The van der Waals surface area contributed by atoms with Crippen LogP contribution in [-0.2, 0) is 16.1 Å². The summed E-state index contributed by atoms with van der Waals surface area (Å²) in [6.07, 6.45) is 3.02. The quantitative estimate of drug-likeness (QED) is 0.587. The number of ether oxygens (including phenoxy) is 1. The van der Waals surface area contributed by atoms with Crippen molar-refractivity contribution in [1.29, 1.82) is 5.41 Å². The molecule has 3 rings (SSSR count). The van der Waals surface area contributed by atoms with Gasteiger partial charge in [-0.1, -0.05) is 11.6 Å². The summed E-state index contributed by atoms with van der Waals surface area (Å²) in [5.74, 6) is 0.0504. The highest BCUT2D eigenvalue weighted by Gasteiger charge is 2.23. The van der Waals surface area contributed by atoms with Gasteiger partial charge in [0.2, 0.25) is 0 Å². The summed E-state index contributed by atoms with van der Waals surface area (Å²) in [5, 5.41) is 7.89. The van der Waals surface area contributed by atoms with Crippen molar-refractivity contribution in [2.24, 2.45) is 0 Å². The Balaban J connectivity index is 1.62. The van der Waals surface area contributed by atoms with Crippen molar-refractivity contribution >= 4 is 34.9 Å². The smallest absolute Gasteiger partial charge is 0.311 e. The summed E-state index contributed by atoms with van der Waals surface area (Å²) >= 11 is 5.87. The van der Waals surface area contributed by atoms with E-state index in [9.17, 15) is 9.18 Å². The van der Waals surface area contributed by atoms with Gasteiger partial charge in [-0.3, -0.25) is 4.79 Å². The summed E-state index contributed by atoms with van der Waals surface area (Å²) < 4.78 is 19.9. The Labute approximate surface area is 167 Å². The third kappa shape index (κ3) is 4.95. The Kier molecular flexibility index (Phi) is 6.41. The van der Waals surface area contributed by atoms with E-state index in [1.54, 1.807) is 12.3 Å². The lowest BCUT2D eigenvalue weighted by molar-refractivity contribution is -0.143. The molecule has 1 aliphatic rings. The standard InChI is InChI=1S/C19H21ClFN5O2/c1-13(22)10-17(27)28-12-14-4-5-23-19(18(14)21)26-8-6-25(7-9-26)16-3-2-15(20)11-24-16/h2-5,11,22H,6-10,12H2,1H3. The second-order valence-corrected chi connectivity index (χ2v) is 6.97. The predicted octanol–water partition coefficient (Wildman–Crippen LogP) is 3.07. The number of aromatic nitrogens is 2. The van der Waals surface area contributed by atoms with Crippen molar-refractivity contribution in [1.82, 2.24) is 9.97 Å². The molecule has 9 heteroatoms. The Hall–Kier alpha value is -2.74. The van der Waals surface area contributed by atoms with Crippen molar-refractivity contribution in [3.63, 3.8) is 0 Å². The largest absolute Gasteiger partial charge is 0.460 e. The Morgan fingerprint density at radius 2 is 1.93 bits per heavy atom. The summed E-state index contributed by atoms with van der Waals surface area (Å²) in [6, 6.07) is 5.15. The zero-order valence-corrected chi connectivity index (χ0v) is 16.2. The molecular weight excluding hydrogens is 385 g/mol. The highest BCUT2D eigenvalue weighted by atomic mass is 35.5. The number of esters is 1. The van der Waals surface area contributed by atoms with E-state index in [1.807, 2.05) is 11.0 Å². The fraction of sp³-hybridized carbons (Fsp3) is 0.368. The molecule has 28 heavy (non-hydrogen) atoms. The molecule has 1 N–H and O–H groups in total. The van der Waals surface area contributed by atoms with Gasteiger partial charge in [0, 0.05) is 49.8 Å². The maximum absolute atomic E-state index is 14.9. The van der Waals surface area contributed by atoms with Gasteiger partial charge >= 0.3 is 5.97 Å². The number of anilines is 2. The zero-order chi connectivity index (χ0) is 20.1. The molecular formula is C19H21ClFN5O2. The van der Waals surface area contributed by atoms with Crippen LogP contribution in [-0.4, -0.2) is 47.8 Å². The van der Waals surface area contributed by atoms with Crippen LogP contribution in [0.3, 0.4) is 0 Å². The molecule has 0 radical (unpaired) electrons. The van der Waals surface area contributed by atoms with Gasteiger partial charge in [0.1, 0.15) is 12.4 Å². The molecule has 1 aliphatic heterocycles. The third-order valence-electron chi connectivity index (χ3n) is 4.36. The number of hydrogen-bond donors (Lipinski definition) is 1. The molecule has 7 nitrogen and oxygen atoms in total. The maximum Gasteiger partial charge on any atom is 0.311 e. The summed E-state index contributed by atoms with van der Waals surface area (Å²) in [5.41, 5.74) is 0.469. The number of carbonyl (C=O) groups is 1. The van der Waals surface area contributed by atoms with Crippen molar-refractivity contribution in [3.05, 3.63) is 47.0 Å². The summed E-state index contributed by atoms with van der Waals surface area (Å²) in [4.78, 5) is 24.0. The van der Waals surface area contributed by atoms with Gasteiger partial charge in [-0.05, 0) is 25.1 Å². The van der Waals surface area contributed by atoms with Gasteiger partial charge in [0.25, 0.3) is 0 Å². The molecule has 0 amide bonds. The fourth-order valence-electron chi connectivity index (χ4n) is 2.93. The Morgan fingerprint density at radius 3 is 2.57 bits per heavy atom. The topological polar surface area (TPSA) is 82.4 Å². The SMILES string of the molecule is CC(=N)CC(=O)OCc1ccnc(N2CCN(c3ccc(Cl)cn3)CC2)c1F. The average molecular weight is 406 g/mol. The second-order valence-electron chi connectivity index (χ2n) is 6.53. The highest BCUT2D eigenvalue weighted by molar-refractivity contribution is 6.30. The molecule has 0 aliphatic carbocycles. The maximum atomic E-state index is 14.9. The van der Waals surface area contributed by atoms with Gasteiger partial charge in [0.05, 0.1) is 11.4 Å². The zero-order valence-electron chi connectivity index (χ0n) is 15.5. The van der Waals surface area contributed by atoms with Gasteiger partial charge < -0.3 is 19.9 Å². The van der Waals surface area contributed by atoms with Crippen LogP contribution in [0.15, 0.2) is 30.6 Å². The van der Waals surface area contributed by atoms with Crippen LogP contribution in [0.4, 0.5) is 16.0 Å². The minimum Gasteiger partial charge on any atom is -0.460 e. The average Bonchev–Trinajstić information content (AvgIpc) is 2.67. The number of nitrogens with zero attached hydrogens (tertiary/aromatic N) is 4. The van der Waals surface area contributed by atoms with E-state index in [-0.39, 0.29) is 30.1 Å². The van der Waals surface area contributed by atoms with E-state index >= 15 is 0 Å². The second kappa shape index (κ2) is 8.97. The molecule has 148 valence electrons. The molecule has 1 saturated heterocycles. The van der Waals surface area contributed by atoms with Crippen LogP contribution in [0.5, 0.6) is 0 Å². The molecule has 3 heterocycles. The third-order valence-corrected chi connectivity index (χ3v) is 4.59. The van der Waals surface area contributed by atoms with Crippen LogP contribution < -0.4 is 9.80 Å². The van der Waals surface area contributed by atoms with Crippen LogP contribution in [0.1, 0.15) is 18.9 Å². The van der Waals surface area contributed by atoms with Crippen molar-refractivity contribution in [3.8, 4) is 0 Å². The van der Waals surface area contributed by atoms with Crippen LogP contribution in [0.25, 0.3) is 0 Å². The number of carbonyl (C=O) groups excluding carboxylic acids is 1. The first-order valence-electron chi connectivity index (χ1n) is 8.88. The minimum atomic E-state index is -0.547. The first-order valence-corrected chi connectivity index (χ1v) is 9.26. The molecule has 0 spiro atoms. The first kappa shape index (κ1) is 20.0. The number of piperazine rings is 1. The number of hydrogen-bond acceptors (Lipinski definition) is 7. The van der Waals surface area contributed by atoms with E-state index in [0.29, 0.717) is 31.2 Å². The van der Waals surface area contributed by atoms with E-state index in [4.69, 9.17) is 21.7 Å². The molecule has 2 aromatic rings. The molecule has 0 atom stereocenters. The summed E-state index contributed by atoms with van der Waals surface area (Å²) in [7, 11) is 0. The van der Waals surface area contributed by atoms with E-state index < -0.39 is 11.8 Å². The number of halogens is 2. The number of nitrogens with one attached hydrogen (secondary N) is 1. The fourth-order valence-corrected chi connectivity index (χ4v) is 3.04. The lowest BCUT2D eigenvalue weighted by Crippen LogP contribution is -2.47. The van der Waals surface area contributed by atoms with Gasteiger partial charge in [-0.15, -0.1) is 0 Å². The van der Waals surface area contributed by atoms with Crippen molar-refractivity contribution < 1.29 is 13.9 Å². The molecule has 0 bridgehead atoms. The normalized spacial score (nSPS) is 14.1. The first-order chi connectivity index (χ1) is 13.4. The lowest BCUT2D eigenvalue weighted by Gasteiger charge is -2.36. The Bertz CT molecular complexity index is 854. The Morgan fingerprint density at radius 1 is 1.21 bits per heavy atom. The molecule has 1 fully saturated rings. The molecule has 0 aromatic carbocycles. The van der Waals surface area contributed by atoms with Gasteiger partial charge in [-0.25, -0.2) is 14.4 Å². The number of pyridine rings is 2.